The number of benzene rings is 1. The minimum Gasteiger partial charge on any atom is -0.329 e. The van der Waals surface area contributed by atoms with Gasteiger partial charge in [-0.25, -0.2) is 0 Å². The van der Waals surface area contributed by atoms with Gasteiger partial charge in [0.15, 0.2) is 0 Å². The number of rotatable bonds is 6. The third kappa shape index (κ3) is 4.94. The van der Waals surface area contributed by atoms with Gasteiger partial charge in [0.05, 0.1) is 0 Å². The first-order valence-corrected chi connectivity index (χ1v) is 6.75. The van der Waals surface area contributed by atoms with Crippen molar-refractivity contribution in [3.05, 3.63) is 33.3 Å². The van der Waals surface area contributed by atoms with Gasteiger partial charge in [0.2, 0.25) is 0 Å². The summed E-state index contributed by atoms with van der Waals surface area (Å²) in [4.78, 5) is 2.13. The van der Waals surface area contributed by atoms with E-state index < -0.39 is 0 Å². The van der Waals surface area contributed by atoms with E-state index in [4.69, 9.17) is 17.3 Å². The van der Waals surface area contributed by atoms with Crippen LogP contribution in [0.1, 0.15) is 11.6 Å². The average Bonchev–Trinajstić information content (AvgIpc) is 2.28. The number of likely N-dealkylation sites (N-methyl/N-ethyl adjacent to an activating group) is 1. The van der Waals surface area contributed by atoms with Crippen LogP contribution in [0.4, 0.5) is 0 Å². The zero-order valence-electron chi connectivity index (χ0n) is 10.2. The summed E-state index contributed by atoms with van der Waals surface area (Å²) in [5.41, 5.74) is 6.91. The van der Waals surface area contributed by atoms with E-state index in [0.717, 1.165) is 28.1 Å². The molecule has 0 saturated heterocycles. The molecular weight excluding hydrogens is 302 g/mol. The quantitative estimate of drug-likeness (QED) is 0.845. The first-order valence-electron chi connectivity index (χ1n) is 5.57. The van der Waals surface area contributed by atoms with Gasteiger partial charge in [-0.15, -0.1) is 0 Å². The number of halogens is 2. The Labute approximate surface area is 116 Å². The Morgan fingerprint density at radius 3 is 2.76 bits per heavy atom. The summed E-state index contributed by atoms with van der Waals surface area (Å²) in [6.07, 6.45) is 0. The van der Waals surface area contributed by atoms with E-state index in [2.05, 4.69) is 40.2 Å². The fourth-order valence-electron chi connectivity index (χ4n) is 1.56. The Morgan fingerprint density at radius 2 is 2.18 bits per heavy atom. The van der Waals surface area contributed by atoms with Crippen LogP contribution in [0.5, 0.6) is 0 Å². The maximum Gasteiger partial charge on any atom is 0.0456 e. The van der Waals surface area contributed by atoms with Gasteiger partial charge in [0, 0.05) is 35.2 Å². The molecule has 0 fully saturated rings. The summed E-state index contributed by atoms with van der Waals surface area (Å²) in [6, 6.07) is 5.89. The van der Waals surface area contributed by atoms with E-state index in [-0.39, 0.29) is 6.04 Å². The molecule has 0 heterocycles. The van der Waals surface area contributed by atoms with E-state index in [1.54, 1.807) is 0 Å². The average molecular weight is 321 g/mol. The van der Waals surface area contributed by atoms with Gasteiger partial charge in [-0.1, -0.05) is 27.5 Å². The van der Waals surface area contributed by atoms with Gasteiger partial charge in [-0.05, 0) is 37.9 Å². The van der Waals surface area contributed by atoms with Crippen molar-refractivity contribution in [3.63, 3.8) is 0 Å². The SMILES string of the molecule is CN(C)CCNC(CN)c1cc(Cl)ccc1Br. The monoisotopic (exact) mass is 319 g/mol. The maximum atomic E-state index is 6.00. The lowest BCUT2D eigenvalue weighted by Gasteiger charge is -2.20. The van der Waals surface area contributed by atoms with Gasteiger partial charge in [0.25, 0.3) is 0 Å². The van der Waals surface area contributed by atoms with Crippen LogP contribution in [-0.4, -0.2) is 38.6 Å². The van der Waals surface area contributed by atoms with E-state index in [1.165, 1.54) is 0 Å². The van der Waals surface area contributed by atoms with Crippen molar-refractivity contribution in [1.82, 2.24) is 10.2 Å². The van der Waals surface area contributed by atoms with E-state index in [0.29, 0.717) is 6.54 Å². The lowest BCUT2D eigenvalue weighted by atomic mass is 10.1. The molecule has 96 valence electrons. The fraction of sp³-hybridized carbons (Fsp3) is 0.500. The second-order valence-electron chi connectivity index (χ2n) is 4.21. The highest BCUT2D eigenvalue weighted by Gasteiger charge is 2.12. The number of nitrogens with zero attached hydrogens (tertiary/aromatic N) is 1. The van der Waals surface area contributed by atoms with Crippen molar-refractivity contribution >= 4 is 27.5 Å². The number of hydrogen-bond donors (Lipinski definition) is 2. The number of nitrogens with two attached hydrogens (primary N) is 1. The van der Waals surface area contributed by atoms with Gasteiger partial charge < -0.3 is 16.0 Å². The Hall–Kier alpha value is -0.130. The standard InChI is InChI=1S/C12H19BrClN3/c1-17(2)6-5-16-12(8-15)10-7-9(14)3-4-11(10)13/h3-4,7,12,16H,5-6,8,15H2,1-2H3. The van der Waals surface area contributed by atoms with E-state index >= 15 is 0 Å². The minimum atomic E-state index is 0.128. The van der Waals surface area contributed by atoms with Gasteiger partial charge >= 0.3 is 0 Å². The second kappa shape index (κ2) is 7.34. The lowest BCUT2D eigenvalue weighted by molar-refractivity contribution is 0.385. The Bertz CT molecular complexity index is 358. The Balaban J connectivity index is 2.68. The molecule has 17 heavy (non-hydrogen) atoms. The van der Waals surface area contributed by atoms with Gasteiger partial charge in [-0.2, -0.15) is 0 Å². The van der Waals surface area contributed by atoms with Gasteiger partial charge in [-0.3, -0.25) is 0 Å². The molecule has 1 aromatic rings. The molecule has 0 aliphatic carbocycles. The molecule has 1 unspecified atom stereocenters. The van der Waals surface area contributed by atoms with E-state index in [9.17, 15) is 0 Å². The molecule has 0 amide bonds. The van der Waals surface area contributed by atoms with Crippen molar-refractivity contribution < 1.29 is 0 Å². The Kier molecular flexibility index (Phi) is 6.44. The third-order valence-corrected chi connectivity index (χ3v) is 3.48. The molecule has 0 radical (unpaired) electrons. The highest BCUT2D eigenvalue weighted by atomic mass is 79.9. The largest absolute Gasteiger partial charge is 0.329 e. The zero-order valence-corrected chi connectivity index (χ0v) is 12.6. The minimum absolute atomic E-state index is 0.128. The molecule has 0 spiro atoms. The molecule has 3 nitrogen and oxygen atoms in total. The molecule has 1 aromatic carbocycles. The first kappa shape index (κ1) is 14.9. The van der Waals surface area contributed by atoms with Crippen molar-refractivity contribution in [1.29, 1.82) is 0 Å². The van der Waals surface area contributed by atoms with Crippen LogP contribution in [0.25, 0.3) is 0 Å². The van der Waals surface area contributed by atoms with Crippen molar-refractivity contribution in [2.75, 3.05) is 33.7 Å². The predicted octanol–water partition coefficient (Wildman–Crippen LogP) is 2.25. The number of nitrogens with one attached hydrogen (secondary N) is 1. The molecule has 1 rings (SSSR count). The molecule has 0 aromatic heterocycles. The normalized spacial score (nSPS) is 13.1. The van der Waals surface area contributed by atoms with Crippen LogP contribution in [0, 0.1) is 0 Å². The zero-order chi connectivity index (χ0) is 12.8. The van der Waals surface area contributed by atoms with Crippen LogP contribution >= 0.6 is 27.5 Å². The van der Waals surface area contributed by atoms with E-state index in [1.807, 2.05) is 18.2 Å². The van der Waals surface area contributed by atoms with Crippen molar-refractivity contribution in [2.45, 2.75) is 6.04 Å². The molecule has 0 aliphatic heterocycles. The smallest absolute Gasteiger partial charge is 0.0456 e. The molecule has 1 atom stereocenters. The maximum absolute atomic E-state index is 6.00. The second-order valence-corrected chi connectivity index (χ2v) is 5.50. The summed E-state index contributed by atoms with van der Waals surface area (Å²) in [6.45, 7) is 2.43. The van der Waals surface area contributed by atoms with Crippen LogP contribution in [0.2, 0.25) is 5.02 Å². The summed E-state index contributed by atoms with van der Waals surface area (Å²) in [7, 11) is 4.10. The predicted molar refractivity (Wildman–Crippen MR) is 77.5 cm³/mol. The molecular formula is C12H19BrClN3. The summed E-state index contributed by atoms with van der Waals surface area (Å²) in [5.74, 6) is 0. The molecule has 3 N–H and O–H groups in total. The topological polar surface area (TPSA) is 41.3 Å². The summed E-state index contributed by atoms with van der Waals surface area (Å²) < 4.78 is 1.04. The lowest BCUT2D eigenvalue weighted by Crippen LogP contribution is -2.33. The highest BCUT2D eigenvalue weighted by molar-refractivity contribution is 9.10. The highest BCUT2D eigenvalue weighted by Crippen LogP contribution is 2.26. The van der Waals surface area contributed by atoms with Gasteiger partial charge in [0.1, 0.15) is 0 Å². The molecule has 0 bridgehead atoms. The molecule has 5 heteroatoms. The first-order chi connectivity index (χ1) is 8.04. The third-order valence-electron chi connectivity index (χ3n) is 2.52. The number of hydrogen-bond acceptors (Lipinski definition) is 3. The molecule has 0 saturated carbocycles. The van der Waals surface area contributed by atoms with Crippen LogP contribution in [0.15, 0.2) is 22.7 Å². The van der Waals surface area contributed by atoms with Crippen molar-refractivity contribution in [3.8, 4) is 0 Å². The van der Waals surface area contributed by atoms with Crippen LogP contribution in [-0.2, 0) is 0 Å². The molecule has 0 aliphatic rings. The fourth-order valence-corrected chi connectivity index (χ4v) is 2.27. The summed E-state index contributed by atoms with van der Waals surface area (Å²) >= 11 is 9.53. The van der Waals surface area contributed by atoms with Crippen LogP contribution in [0.3, 0.4) is 0 Å². The Morgan fingerprint density at radius 1 is 1.47 bits per heavy atom. The van der Waals surface area contributed by atoms with Crippen molar-refractivity contribution in [2.24, 2.45) is 5.73 Å². The summed E-state index contributed by atoms with van der Waals surface area (Å²) in [5, 5.41) is 4.16. The van der Waals surface area contributed by atoms with Crippen LogP contribution < -0.4 is 11.1 Å².